The minimum atomic E-state index is -0.511. The molecule has 0 fully saturated rings. The van der Waals surface area contributed by atoms with E-state index in [0.29, 0.717) is 0 Å². The van der Waals surface area contributed by atoms with E-state index in [1.54, 1.807) is 0 Å². The first-order chi connectivity index (χ1) is 34.2. The van der Waals surface area contributed by atoms with Crippen LogP contribution in [-0.4, -0.2) is 4.57 Å². The fourth-order valence-electron chi connectivity index (χ4n) is 11.2. The van der Waals surface area contributed by atoms with Crippen molar-refractivity contribution >= 4 is 38.9 Å². The Bertz CT molecular complexity index is 3760. The first kappa shape index (κ1) is 40.3. The van der Waals surface area contributed by atoms with Gasteiger partial charge in [-0.3, -0.25) is 0 Å². The number of fused-ring (bicyclic) bond motifs is 6. The van der Waals surface area contributed by atoms with E-state index in [9.17, 15) is 0 Å². The third kappa shape index (κ3) is 6.64. The Morgan fingerprint density at radius 3 is 1.46 bits per heavy atom. The summed E-state index contributed by atoms with van der Waals surface area (Å²) in [7, 11) is 0. The minimum Gasteiger partial charge on any atom is -0.310 e. The predicted molar refractivity (Wildman–Crippen MR) is 289 cm³/mol. The number of hydrogen-bond acceptors (Lipinski definition) is 1. The van der Waals surface area contributed by atoms with E-state index in [2.05, 4.69) is 289 Å². The molecule has 1 aliphatic rings. The van der Waals surface area contributed by atoms with Crippen LogP contribution < -0.4 is 4.90 Å². The Morgan fingerprint density at radius 1 is 0.290 bits per heavy atom. The van der Waals surface area contributed by atoms with E-state index in [4.69, 9.17) is 0 Å². The van der Waals surface area contributed by atoms with Crippen molar-refractivity contribution in [2.45, 2.75) is 5.41 Å². The van der Waals surface area contributed by atoms with E-state index >= 15 is 0 Å². The molecule has 0 spiro atoms. The van der Waals surface area contributed by atoms with Crippen molar-refractivity contribution in [3.63, 3.8) is 0 Å². The summed E-state index contributed by atoms with van der Waals surface area (Å²) in [5, 5.41) is 2.51. The van der Waals surface area contributed by atoms with Crippen molar-refractivity contribution in [2.75, 3.05) is 4.90 Å². The fraction of sp³-hybridized carbons (Fsp3) is 0.0149. The monoisotopic (exact) mass is 878 g/mol. The zero-order chi connectivity index (χ0) is 45.7. The zero-order valence-electron chi connectivity index (χ0n) is 38.0. The number of nitrogens with zero attached hydrogens (tertiary/aromatic N) is 2. The van der Waals surface area contributed by atoms with Crippen LogP contribution >= 0.6 is 0 Å². The first-order valence-electron chi connectivity index (χ1n) is 23.8. The molecule has 0 radical (unpaired) electrons. The molecule has 1 aromatic heterocycles. The molecule has 69 heavy (non-hydrogen) atoms. The van der Waals surface area contributed by atoms with Crippen LogP contribution in [0.25, 0.3) is 72.0 Å². The van der Waals surface area contributed by atoms with Gasteiger partial charge in [0.25, 0.3) is 0 Å². The normalized spacial score (nSPS) is 12.5. The highest BCUT2D eigenvalue weighted by atomic mass is 15.1. The Labute approximate surface area is 403 Å². The van der Waals surface area contributed by atoms with Crippen LogP contribution in [0.5, 0.6) is 0 Å². The maximum atomic E-state index is 2.45. The molecule has 0 N–H and O–H groups in total. The van der Waals surface area contributed by atoms with Gasteiger partial charge in [0.1, 0.15) is 0 Å². The topological polar surface area (TPSA) is 8.17 Å². The van der Waals surface area contributed by atoms with E-state index in [1.165, 1.54) is 83.0 Å². The highest BCUT2D eigenvalue weighted by molar-refractivity contribution is 6.16. The third-order valence-corrected chi connectivity index (χ3v) is 14.3. The number of benzene rings is 11. The van der Waals surface area contributed by atoms with Gasteiger partial charge in [0.15, 0.2) is 0 Å². The van der Waals surface area contributed by atoms with E-state index in [1.807, 2.05) is 0 Å². The smallest absolute Gasteiger partial charge is 0.0714 e. The molecule has 0 amide bonds. The van der Waals surface area contributed by atoms with Crippen LogP contribution in [0, 0.1) is 0 Å². The van der Waals surface area contributed by atoms with Gasteiger partial charge < -0.3 is 9.47 Å². The molecule has 0 saturated heterocycles. The fourth-order valence-corrected chi connectivity index (χ4v) is 11.2. The summed E-state index contributed by atoms with van der Waals surface area (Å²) in [5.74, 6) is 0. The molecule has 0 atom stereocenters. The van der Waals surface area contributed by atoms with Crippen LogP contribution in [-0.2, 0) is 5.41 Å². The van der Waals surface area contributed by atoms with E-state index in [-0.39, 0.29) is 0 Å². The lowest BCUT2D eigenvalue weighted by Crippen LogP contribution is -2.28. The van der Waals surface area contributed by atoms with E-state index in [0.717, 1.165) is 28.3 Å². The summed E-state index contributed by atoms with van der Waals surface area (Å²) in [6, 6.07) is 102. The number of rotatable bonds is 9. The standard InChI is InChI=1S/C67H46N2/c1-5-19-47(20-6-1)48-35-39-55(40-36-48)68(57-43-44-60-59-29-13-15-32-62(59)67(63(60)46-57,52-23-7-2-8-24-52)53-25-9-3-10-26-53)56-41-37-49(38-42-56)50-21-17-22-51(45-50)58-31-18-34-65-66(58)61-30-14-16-33-64(61)69(65)54-27-11-4-12-28-54/h1-46H. The highest BCUT2D eigenvalue weighted by Crippen LogP contribution is 2.57. The van der Waals surface area contributed by atoms with Gasteiger partial charge in [-0.05, 0) is 133 Å². The molecule has 2 nitrogen and oxygen atoms in total. The molecular formula is C67H46N2. The van der Waals surface area contributed by atoms with Crippen molar-refractivity contribution < 1.29 is 0 Å². The lowest BCUT2D eigenvalue weighted by molar-refractivity contribution is 0.768. The van der Waals surface area contributed by atoms with Crippen LogP contribution in [0.15, 0.2) is 279 Å². The van der Waals surface area contributed by atoms with Crippen molar-refractivity contribution in [3.05, 3.63) is 301 Å². The number of para-hydroxylation sites is 2. The average molecular weight is 879 g/mol. The lowest BCUT2D eigenvalue weighted by atomic mass is 9.67. The van der Waals surface area contributed by atoms with Crippen molar-refractivity contribution in [2.24, 2.45) is 0 Å². The Balaban J connectivity index is 0.941. The maximum absolute atomic E-state index is 2.45. The molecule has 11 aromatic carbocycles. The second-order valence-corrected chi connectivity index (χ2v) is 18.0. The van der Waals surface area contributed by atoms with Crippen LogP contribution in [0.2, 0.25) is 0 Å². The third-order valence-electron chi connectivity index (χ3n) is 14.3. The second-order valence-electron chi connectivity index (χ2n) is 18.0. The number of aromatic nitrogens is 1. The van der Waals surface area contributed by atoms with Gasteiger partial charge >= 0.3 is 0 Å². The van der Waals surface area contributed by atoms with Gasteiger partial charge in [-0.25, -0.2) is 0 Å². The van der Waals surface area contributed by atoms with Crippen LogP contribution in [0.4, 0.5) is 17.1 Å². The van der Waals surface area contributed by atoms with Gasteiger partial charge in [0.05, 0.1) is 16.4 Å². The molecule has 12 aromatic rings. The summed E-state index contributed by atoms with van der Waals surface area (Å²) in [4.78, 5) is 2.42. The molecular weight excluding hydrogens is 833 g/mol. The summed E-state index contributed by atoms with van der Waals surface area (Å²) in [6.45, 7) is 0. The highest BCUT2D eigenvalue weighted by Gasteiger charge is 2.46. The van der Waals surface area contributed by atoms with E-state index < -0.39 is 5.41 Å². The minimum absolute atomic E-state index is 0.511. The molecule has 1 heterocycles. The molecule has 0 saturated carbocycles. The molecule has 0 bridgehead atoms. The van der Waals surface area contributed by atoms with Crippen molar-refractivity contribution in [1.82, 2.24) is 4.57 Å². The average Bonchev–Trinajstić information content (AvgIpc) is 3.93. The first-order valence-corrected chi connectivity index (χ1v) is 23.8. The quantitative estimate of drug-likeness (QED) is 0.140. The molecule has 1 aliphatic carbocycles. The van der Waals surface area contributed by atoms with Gasteiger partial charge in [-0.1, -0.05) is 212 Å². The maximum Gasteiger partial charge on any atom is 0.0714 e. The zero-order valence-corrected chi connectivity index (χ0v) is 38.0. The van der Waals surface area contributed by atoms with Crippen LogP contribution in [0.3, 0.4) is 0 Å². The summed E-state index contributed by atoms with van der Waals surface area (Å²) < 4.78 is 2.39. The predicted octanol–water partition coefficient (Wildman–Crippen LogP) is 17.6. The number of anilines is 3. The summed E-state index contributed by atoms with van der Waals surface area (Å²) >= 11 is 0. The SMILES string of the molecule is c1ccc(-c2ccc(N(c3ccc(-c4cccc(-c5cccc6c5c5ccccc5n6-c5ccccc5)c4)cc3)c3ccc4c(c3)C(c3ccccc3)(c3ccccc3)c3ccccc3-4)cc2)cc1. The number of hydrogen-bond donors (Lipinski definition) is 0. The van der Waals surface area contributed by atoms with Gasteiger partial charge in [-0.15, -0.1) is 0 Å². The Hall–Kier alpha value is -8.98. The molecule has 0 aliphatic heterocycles. The summed E-state index contributed by atoms with van der Waals surface area (Å²) in [6.07, 6.45) is 0. The van der Waals surface area contributed by atoms with Gasteiger partial charge in [-0.2, -0.15) is 0 Å². The van der Waals surface area contributed by atoms with Crippen molar-refractivity contribution in [3.8, 4) is 50.2 Å². The molecule has 324 valence electrons. The summed E-state index contributed by atoms with van der Waals surface area (Å²) in [5.41, 5.74) is 21.1. The molecule has 13 rings (SSSR count). The van der Waals surface area contributed by atoms with Gasteiger partial charge in [0.2, 0.25) is 0 Å². The Morgan fingerprint density at radius 2 is 0.768 bits per heavy atom. The van der Waals surface area contributed by atoms with Gasteiger partial charge in [0, 0.05) is 33.5 Å². The molecule has 2 heteroatoms. The lowest BCUT2D eigenvalue weighted by Gasteiger charge is -2.35. The van der Waals surface area contributed by atoms with Crippen LogP contribution in [0.1, 0.15) is 22.3 Å². The Kier molecular flexibility index (Phi) is 9.77. The molecule has 0 unspecified atom stereocenters. The second kappa shape index (κ2) is 16.7. The largest absolute Gasteiger partial charge is 0.310 e. The van der Waals surface area contributed by atoms with Crippen molar-refractivity contribution in [1.29, 1.82) is 0 Å².